The summed E-state index contributed by atoms with van der Waals surface area (Å²) < 4.78 is 6.09. The minimum atomic E-state index is -0.871. The number of nitro groups is 1. The van der Waals surface area contributed by atoms with E-state index >= 15 is 0 Å². The molecule has 2 aromatic carbocycles. The van der Waals surface area contributed by atoms with Gasteiger partial charge in [-0.3, -0.25) is 14.9 Å². The van der Waals surface area contributed by atoms with Gasteiger partial charge in [-0.2, -0.15) is 0 Å². The molecule has 23 heavy (non-hydrogen) atoms. The monoisotopic (exact) mass is 327 g/mol. The summed E-state index contributed by atoms with van der Waals surface area (Å²) in [5.74, 6) is -0.743. The van der Waals surface area contributed by atoms with Gasteiger partial charge < -0.3 is 4.74 Å². The van der Waals surface area contributed by atoms with Gasteiger partial charge in [-0.15, -0.1) is 11.3 Å². The van der Waals surface area contributed by atoms with Crippen LogP contribution in [0.1, 0.15) is 20.0 Å². The Kier molecular flexibility index (Phi) is 3.86. The van der Waals surface area contributed by atoms with Crippen LogP contribution in [-0.4, -0.2) is 17.2 Å². The Bertz CT molecular complexity index is 931. The molecular formula is C16H9NO5S. The zero-order valence-corrected chi connectivity index (χ0v) is 12.4. The second kappa shape index (κ2) is 5.98. The zero-order chi connectivity index (χ0) is 16.4. The van der Waals surface area contributed by atoms with E-state index in [0.717, 1.165) is 4.70 Å². The number of carbonyl (C=O) groups excluding carboxylic acids is 2. The lowest BCUT2D eigenvalue weighted by molar-refractivity contribution is -0.385. The van der Waals surface area contributed by atoms with E-state index in [1.807, 2.05) is 0 Å². The van der Waals surface area contributed by atoms with Crippen LogP contribution in [0.5, 0.6) is 5.75 Å². The number of carbonyl (C=O) groups is 2. The van der Waals surface area contributed by atoms with Crippen LogP contribution in [0.2, 0.25) is 0 Å². The van der Waals surface area contributed by atoms with Gasteiger partial charge in [0.1, 0.15) is 10.4 Å². The maximum atomic E-state index is 12.3. The Labute approximate surface area is 134 Å². The molecule has 0 spiro atoms. The van der Waals surface area contributed by atoms with Crippen molar-refractivity contribution in [3.05, 3.63) is 69.1 Å². The molecule has 0 aliphatic rings. The third kappa shape index (κ3) is 2.69. The van der Waals surface area contributed by atoms with Gasteiger partial charge in [-0.1, -0.05) is 24.3 Å². The Hall–Kier alpha value is -3.06. The van der Waals surface area contributed by atoms with Crippen molar-refractivity contribution in [2.75, 3.05) is 0 Å². The van der Waals surface area contributed by atoms with Gasteiger partial charge in [0, 0.05) is 16.2 Å². The highest BCUT2D eigenvalue weighted by molar-refractivity contribution is 7.21. The number of hydrogen-bond acceptors (Lipinski definition) is 6. The van der Waals surface area contributed by atoms with Crippen LogP contribution in [0.3, 0.4) is 0 Å². The summed E-state index contributed by atoms with van der Waals surface area (Å²) in [5.41, 5.74) is -0.505. The minimum absolute atomic E-state index is 0.128. The molecule has 114 valence electrons. The Balaban J connectivity index is 2.04. The highest BCUT2D eigenvalue weighted by atomic mass is 32.1. The lowest BCUT2D eigenvalue weighted by Gasteiger charge is -2.05. The molecule has 3 rings (SSSR count). The van der Waals surface area contributed by atoms with E-state index in [-0.39, 0.29) is 21.9 Å². The third-order valence-corrected chi connectivity index (χ3v) is 4.28. The predicted molar refractivity (Wildman–Crippen MR) is 85.3 cm³/mol. The van der Waals surface area contributed by atoms with E-state index in [0.29, 0.717) is 11.7 Å². The first kappa shape index (κ1) is 14.9. The Morgan fingerprint density at radius 3 is 2.57 bits per heavy atom. The van der Waals surface area contributed by atoms with E-state index in [9.17, 15) is 19.7 Å². The summed E-state index contributed by atoms with van der Waals surface area (Å²) in [6.45, 7) is 0. The van der Waals surface area contributed by atoms with Crippen molar-refractivity contribution in [2.45, 2.75) is 0 Å². The average Bonchev–Trinajstić information content (AvgIpc) is 2.92. The number of thiophene rings is 1. The number of nitrogens with zero attached hydrogens (tertiary/aromatic N) is 1. The number of hydrogen-bond donors (Lipinski definition) is 0. The number of ether oxygens (including phenoxy) is 1. The summed E-state index contributed by atoms with van der Waals surface area (Å²) >= 11 is 1.19. The smallest absolute Gasteiger partial charge is 0.350 e. The van der Waals surface area contributed by atoms with Gasteiger partial charge >= 0.3 is 5.97 Å². The van der Waals surface area contributed by atoms with Crippen LogP contribution in [-0.2, 0) is 0 Å². The predicted octanol–water partition coefficient (Wildman–Crippen LogP) is 3.84. The third-order valence-electron chi connectivity index (χ3n) is 3.20. The van der Waals surface area contributed by atoms with Crippen molar-refractivity contribution < 1.29 is 19.2 Å². The van der Waals surface area contributed by atoms with Gasteiger partial charge in [0.15, 0.2) is 12.0 Å². The number of para-hydroxylation sites is 1. The number of esters is 1. The molecule has 3 aromatic rings. The maximum Gasteiger partial charge on any atom is 0.350 e. The molecular weight excluding hydrogens is 318 g/mol. The van der Waals surface area contributed by atoms with Crippen LogP contribution in [0.4, 0.5) is 5.69 Å². The van der Waals surface area contributed by atoms with Crippen molar-refractivity contribution in [3.63, 3.8) is 0 Å². The van der Waals surface area contributed by atoms with Gasteiger partial charge in [-0.05, 0) is 18.2 Å². The quantitative estimate of drug-likeness (QED) is 0.314. The molecule has 0 bridgehead atoms. The van der Waals surface area contributed by atoms with Crippen molar-refractivity contribution in [1.82, 2.24) is 0 Å². The molecule has 0 saturated heterocycles. The van der Waals surface area contributed by atoms with Gasteiger partial charge in [-0.25, -0.2) is 4.79 Å². The molecule has 0 atom stereocenters. The minimum Gasteiger partial charge on any atom is -0.420 e. The normalized spacial score (nSPS) is 10.4. The standard InChI is InChI=1S/C16H9NO5S/c18-9-14-15(11-6-2-4-8-13(11)23-14)22-16(19)10-5-1-3-7-12(10)17(20)21/h1-9H. The highest BCUT2D eigenvalue weighted by Gasteiger charge is 2.23. The second-order valence-corrected chi connectivity index (χ2v) is 5.66. The summed E-state index contributed by atoms with van der Waals surface area (Å²) in [6, 6.07) is 12.6. The second-order valence-electron chi connectivity index (χ2n) is 4.57. The summed E-state index contributed by atoms with van der Waals surface area (Å²) in [5, 5.41) is 11.6. The molecule has 0 radical (unpaired) electrons. The molecule has 0 fully saturated rings. The molecule has 0 aliphatic carbocycles. The highest BCUT2D eigenvalue weighted by Crippen LogP contribution is 2.37. The zero-order valence-electron chi connectivity index (χ0n) is 11.6. The topological polar surface area (TPSA) is 86.5 Å². The van der Waals surface area contributed by atoms with Gasteiger partial charge in [0.25, 0.3) is 5.69 Å². The van der Waals surface area contributed by atoms with E-state index in [4.69, 9.17) is 4.74 Å². The number of nitro benzene ring substituents is 1. The fraction of sp³-hybridized carbons (Fsp3) is 0. The Morgan fingerprint density at radius 1 is 1.13 bits per heavy atom. The number of benzene rings is 2. The Morgan fingerprint density at radius 2 is 1.83 bits per heavy atom. The van der Waals surface area contributed by atoms with Crippen molar-refractivity contribution in [3.8, 4) is 5.75 Å². The van der Waals surface area contributed by atoms with E-state index in [1.54, 1.807) is 24.3 Å². The average molecular weight is 327 g/mol. The van der Waals surface area contributed by atoms with Crippen LogP contribution < -0.4 is 4.74 Å². The van der Waals surface area contributed by atoms with Crippen LogP contribution in [0.25, 0.3) is 10.1 Å². The van der Waals surface area contributed by atoms with Crippen LogP contribution >= 0.6 is 11.3 Å². The first-order valence-corrected chi connectivity index (χ1v) is 7.35. The molecule has 7 heteroatoms. The van der Waals surface area contributed by atoms with E-state index in [1.165, 1.54) is 35.6 Å². The molecule has 0 saturated carbocycles. The summed E-state index contributed by atoms with van der Waals surface area (Å²) in [4.78, 5) is 34.1. The molecule has 1 heterocycles. The molecule has 6 nitrogen and oxygen atoms in total. The summed E-state index contributed by atoms with van der Waals surface area (Å²) in [6.07, 6.45) is 0.604. The summed E-state index contributed by atoms with van der Waals surface area (Å²) in [7, 11) is 0. The largest absolute Gasteiger partial charge is 0.420 e. The van der Waals surface area contributed by atoms with Crippen molar-refractivity contribution >= 4 is 39.4 Å². The SMILES string of the molecule is O=Cc1sc2ccccc2c1OC(=O)c1ccccc1[N+](=O)[O-]. The van der Waals surface area contributed by atoms with Crippen molar-refractivity contribution in [2.24, 2.45) is 0 Å². The lowest BCUT2D eigenvalue weighted by atomic mass is 10.2. The van der Waals surface area contributed by atoms with Crippen LogP contribution in [0, 0.1) is 10.1 Å². The van der Waals surface area contributed by atoms with Crippen LogP contribution in [0.15, 0.2) is 48.5 Å². The molecule has 1 aromatic heterocycles. The lowest BCUT2D eigenvalue weighted by Crippen LogP contribution is -2.11. The van der Waals surface area contributed by atoms with Crippen molar-refractivity contribution in [1.29, 1.82) is 0 Å². The first-order chi connectivity index (χ1) is 11.1. The van der Waals surface area contributed by atoms with Gasteiger partial charge in [0.05, 0.1) is 4.92 Å². The first-order valence-electron chi connectivity index (χ1n) is 6.54. The number of fused-ring (bicyclic) bond motifs is 1. The fourth-order valence-corrected chi connectivity index (χ4v) is 3.12. The molecule has 0 amide bonds. The van der Waals surface area contributed by atoms with E-state index in [2.05, 4.69) is 0 Å². The number of rotatable bonds is 4. The maximum absolute atomic E-state index is 12.3. The van der Waals surface area contributed by atoms with Gasteiger partial charge in [0.2, 0.25) is 0 Å². The molecule has 0 unspecified atom stereocenters. The fourth-order valence-electron chi connectivity index (χ4n) is 2.18. The number of aldehydes is 1. The molecule has 0 aliphatic heterocycles. The van der Waals surface area contributed by atoms with E-state index < -0.39 is 10.9 Å². The molecule has 0 N–H and O–H groups in total.